The Kier molecular flexibility index (Phi) is 2.96. The number of aromatic nitrogens is 1. The van der Waals surface area contributed by atoms with Crippen LogP contribution in [0.4, 0.5) is 0 Å². The van der Waals surface area contributed by atoms with E-state index >= 15 is 0 Å². The average molecular weight is 287 g/mol. The first kappa shape index (κ1) is 13.1. The minimum Gasteiger partial charge on any atom is -0.408 e. The topological polar surface area (TPSA) is 55.4 Å². The van der Waals surface area contributed by atoms with Crippen LogP contribution in [0.15, 0.2) is 27.4 Å². The van der Waals surface area contributed by atoms with Gasteiger partial charge in [0.25, 0.3) is 0 Å². The monoisotopic (exact) mass is 287 g/mol. The van der Waals surface area contributed by atoms with E-state index in [4.69, 9.17) is 4.42 Å². The molecule has 0 aliphatic heterocycles. The standard InChI is InChI=1S/C17H21NO3/c1-18-14-5-4-12(9-16(14)21-17(18)20)15(19)8-13-7-10-2-3-11(13)6-10/h4-5,9-11,13,15,19H,2-3,6-8H2,1H3. The van der Waals surface area contributed by atoms with Crippen LogP contribution in [0.2, 0.25) is 0 Å². The smallest absolute Gasteiger partial charge is 0.408 e. The van der Waals surface area contributed by atoms with Crippen molar-refractivity contribution in [1.82, 2.24) is 4.57 Å². The van der Waals surface area contributed by atoms with Crippen LogP contribution in [0.5, 0.6) is 0 Å². The second kappa shape index (κ2) is 4.73. The molecule has 0 radical (unpaired) electrons. The van der Waals surface area contributed by atoms with Gasteiger partial charge < -0.3 is 9.52 Å². The van der Waals surface area contributed by atoms with E-state index in [1.807, 2.05) is 18.2 Å². The van der Waals surface area contributed by atoms with Crippen molar-refractivity contribution in [3.63, 3.8) is 0 Å². The average Bonchev–Trinajstić information content (AvgIpc) is 3.15. The summed E-state index contributed by atoms with van der Waals surface area (Å²) in [6, 6.07) is 5.59. The fraction of sp³-hybridized carbons (Fsp3) is 0.588. The Bertz CT molecular complexity index is 729. The van der Waals surface area contributed by atoms with Crippen LogP contribution >= 0.6 is 0 Å². The summed E-state index contributed by atoms with van der Waals surface area (Å²) >= 11 is 0. The maximum absolute atomic E-state index is 11.5. The van der Waals surface area contributed by atoms with E-state index in [0.29, 0.717) is 11.5 Å². The first-order valence-corrected chi connectivity index (χ1v) is 7.89. The van der Waals surface area contributed by atoms with Crippen LogP contribution in [0.1, 0.15) is 43.8 Å². The lowest BCUT2D eigenvalue weighted by molar-refractivity contribution is 0.125. The molecule has 2 fully saturated rings. The number of nitrogens with zero attached hydrogens (tertiary/aromatic N) is 1. The molecular formula is C17H21NO3. The van der Waals surface area contributed by atoms with Crippen molar-refractivity contribution < 1.29 is 9.52 Å². The van der Waals surface area contributed by atoms with E-state index in [-0.39, 0.29) is 5.76 Å². The zero-order valence-corrected chi connectivity index (χ0v) is 12.3. The van der Waals surface area contributed by atoms with Crippen LogP contribution in [-0.2, 0) is 7.05 Å². The van der Waals surface area contributed by atoms with Gasteiger partial charge in [-0.05, 0) is 61.1 Å². The maximum Gasteiger partial charge on any atom is 0.419 e. The SMILES string of the molecule is Cn1c(=O)oc2cc(C(O)CC3CC4CCC3C4)ccc21. The summed E-state index contributed by atoms with van der Waals surface area (Å²) in [5.41, 5.74) is 2.20. The van der Waals surface area contributed by atoms with Crippen molar-refractivity contribution in [2.24, 2.45) is 24.8 Å². The number of fused-ring (bicyclic) bond motifs is 3. The number of hydrogen-bond acceptors (Lipinski definition) is 3. The molecule has 21 heavy (non-hydrogen) atoms. The molecule has 4 unspecified atom stereocenters. The predicted molar refractivity (Wildman–Crippen MR) is 80.0 cm³/mol. The summed E-state index contributed by atoms with van der Waals surface area (Å²) in [7, 11) is 1.69. The van der Waals surface area contributed by atoms with Gasteiger partial charge in [-0.3, -0.25) is 4.57 Å². The van der Waals surface area contributed by atoms with Gasteiger partial charge in [0, 0.05) is 7.05 Å². The number of aliphatic hydroxyl groups excluding tert-OH is 1. The van der Waals surface area contributed by atoms with E-state index in [1.54, 1.807) is 7.05 Å². The summed E-state index contributed by atoms with van der Waals surface area (Å²) < 4.78 is 6.69. The van der Waals surface area contributed by atoms with Gasteiger partial charge in [-0.1, -0.05) is 12.5 Å². The molecule has 1 N–H and O–H groups in total. The van der Waals surface area contributed by atoms with Crippen LogP contribution in [0.25, 0.3) is 11.1 Å². The summed E-state index contributed by atoms with van der Waals surface area (Å²) in [6.45, 7) is 0. The minimum absolute atomic E-state index is 0.357. The molecule has 0 saturated heterocycles. The minimum atomic E-state index is -0.454. The normalized spacial score (nSPS) is 29.3. The van der Waals surface area contributed by atoms with E-state index in [9.17, 15) is 9.90 Å². The molecular weight excluding hydrogens is 266 g/mol. The van der Waals surface area contributed by atoms with Gasteiger partial charge in [0.05, 0.1) is 11.6 Å². The highest BCUT2D eigenvalue weighted by Crippen LogP contribution is 2.50. The van der Waals surface area contributed by atoms with Crippen LogP contribution in [-0.4, -0.2) is 9.67 Å². The molecule has 1 aromatic heterocycles. The fourth-order valence-corrected chi connectivity index (χ4v) is 4.45. The van der Waals surface area contributed by atoms with Crippen molar-refractivity contribution in [2.45, 2.75) is 38.2 Å². The Morgan fingerprint density at radius 1 is 1.38 bits per heavy atom. The summed E-state index contributed by atoms with van der Waals surface area (Å²) in [5.74, 6) is 2.03. The second-order valence-electron chi connectivity index (χ2n) is 6.84. The first-order chi connectivity index (χ1) is 10.1. The van der Waals surface area contributed by atoms with Crippen molar-refractivity contribution in [3.8, 4) is 0 Å². The van der Waals surface area contributed by atoms with E-state index in [2.05, 4.69) is 0 Å². The molecule has 2 aliphatic rings. The van der Waals surface area contributed by atoms with Crippen molar-refractivity contribution in [2.75, 3.05) is 0 Å². The number of benzene rings is 1. The number of aryl methyl sites for hydroxylation is 1. The lowest BCUT2D eigenvalue weighted by Crippen LogP contribution is -2.14. The molecule has 1 heterocycles. The Morgan fingerprint density at radius 2 is 2.24 bits per heavy atom. The van der Waals surface area contributed by atoms with Crippen molar-refractivity contribution >= 4 is 11.1 Å². The summed E-state index contributed by atoms with van der Waals surface area (Å²) in [6.07, 6.45) is 5.76. The van der Waals surface area contributed by atoms with Gasteiger partial charge in [0.1, 0.15) is 0 Å². The number of rotatable bonds is 3. The lowest BCUT2D eigenvalue weighted by Gasteiger charge is -2.24. The highest BCUT2D eigenvalue weighted by atomic mass is 16.4. The Labute approximate surface area is 123 Å². The third-order valence-electron chi connectivity index (χ3n) is 5.61. The quantitative estimate of drug-likeness (QED) is 0.944. The highest BCUT2D eigenvalue weighted by molar-refractivity contribution is 5.73. The molecule has 4 heteroatoms. The van der Waals surface area contributed by atoms with E-state index in [0.717, 1.165) is 29.3 Å². The Hall–Kier alpha value is -1.55. The predicted octanol–water partition coefficient (Wildman–Crippen LogP) is 2.99. The molecule has 0 amide bonds. The van der Waals surface area contributed by atoms with Gasteiger partial charge >= 0.3 is 5.76 Å². The van der Waals surface area contributed by atoms with Crippen LogP contribution in [0.3, 0.4) is 0 Å². The van der Waals surface area contributed by atoms with Gasteiger partial charge in [0.15, 0.2) is 5.58 Å². The number of oxazole rings is 1. The van der Waals surface area contributed by atoms with Gasteiger partial charge in [-0.15, -0.1) is 0 Å². The van der Waals surface area contributed by atoms with Gasteiger partial charge in [0.2, 0.25) is 0 Å². The molecule has 112 valence electrons. The molecule has 4 rings (SSSR count). The van der Waals surface area contributed by atoms with Crippen LogP contribution < -0.4 is 5.76 Å². The Morgan fingerprint density at radius 3 is 2.95 bits per heavy atom. The zero-order valence-electron chi connectivity index (χ0n) is 12.3. The third-order valence-corrected chi connectivity index (χ3v) is 5.61. The largest absolute Gasteiger partial charge is 0.419 e. The Balaban J connectivity index is 1.56. The lowest BCUT2D eigenvalue weighted by atomic mass is 9.83. The van der Waals surface area contributed by atoms with E-state index < -0.39 is 6.10 Å². The first-order valence-electron chi connectivity index (χ1n) is 7.89. The van der Waals surface area contributed by atoms with Gasteiger partial charge in [-0.25, -0.2) is 4.79 Å². The van der Waals surface area contributed by atoms with Crippen molar-refractivity contribution in [3.05, 3.63) is 34.3 Å². The summed E-state index contributed by atoms with van der Waals surface area (Å²) in [5, 5.41) is 10.5. The van der Waals surface area contributed by atoms with Crippen molar-refractivity contribution in [1.29, 1.82) is 0 Å². The van der Waals surface area contributed by atoms with Gasteiger partial charge in [-0.2, -0.15) is 0 Å². The molecule has 4 atom stereocenters. The molecule has 2 saturated carbocycles. The zero-order chi connectivity index (χ0) is 14.6. The highest BCUT2D eigenvalue weighted by Gasteiger charge is 2.40. The molecule has 4 nitrogen and oxygen atoms in total. The third kappa shape index (κ3) is 2.13. The molecule has 2 aromatic rings. The maximum atomic E-state index is 11.5. The molecule has 1 aromatic carbocycles. The second-order valence-corrected chi connectivity index (χ2v) is 6.84. The molecule has 2 bridgehead atoms. The molecule has 0 spiro atoms. The molecule has 2 aliphatic carbocycles. The number of hydrogen-bond donors (Lipinski definition) is 1. The summed E-state index contributed by atoms with van der Waals surface area (Å²) in [4.78, 5) is 11.5. The van der Waals surface area contributed by atoms with Crippen LogP contribution in [0, 0.1) is 17.8 Å². The van der Waals surface area contributed by atoms with E-state index in [1.165, 1.54) is 30.3 Å². The fourth-order valence-electron chi connectivity index (χ4n) is 4.45. The number of aliphatic hydroxyl groups is 1.